The van der Waals surface area contributed by atoms with Crippen LogP contribution in [0.15, 0.2) is 59.8 Å². The Morgan fingerprint density at radius 3 is 2.61 bits per heavy atom. The zero-order valence-corrected chi connectivity index (χ0v) is 16.9. The molecule has 3 aromatic rings. The second-order valence-corrected chi connectivity index (χ2v) is 7.11. The van der Waals surface area contributed by atoms with Crippen LogP contribution in [0.3, 0.4) is 0 Å². The Morgan fingerprint density at radius 2 is 1.86 bits per heavy atom. The zero-order chi connectivity index (χ0) is 19.8. The van der Waals surface area contributed by atoms with E-state index in [0.29, 0.717) is 23.3 Å². The van der Waals surface area contributed by atoms with Gasteiger partial charge in [-0.3, -0.25) is 9.36 Å². The maximum atomic E-state index is 12.1. The molecule has 0 atom stereocenters. The molecule has 146 valence electrons. The lowest BCUT2D eigenvalue weighted by Crippen LogP contribution is -2.26. The highest BCUT2D eigenvalue weighted by molar-refractivity contribution is 7.99. The predicted molar refractivity (Wildman–Crippen MR) is 112 cm³/mol. The number of hydrogen-bond acceptors (Lipinski definition) is 5. The number of aromatic nitrogens is 3. The molecule has 28 heavy (non-hydrogen) atoms. The second kappa shape index (κ2) is 9.94. The highest BCUT2D eigenvalue weighted by Gasteiger charge is 2.19. The zero-order valence-electron chi connectivity index (χ0n) is 16.1. The average Bonchev–Trinajstić information content (AvgIpc) is 3.16. The number of benzene rings is 2. The van der Waals surface area contributed by atoms with Crippen molar-refractivity contribution in [3.8, 4) is 22.8 Å². The molecule has 0 saturated heterocycles. The van der Waals surface area contributed by atoms with E-state index in [1.54, 1.807) is 7.11 Å². The van der Waals surface area contributed by atoms with E-state index in [9.17, 15) is 4.79 Å². The first kappa shape index (κ1) is 19.9. The Bertz CT molecular complexity index is 912. The van der Waals surface area contributed by atoms with Crippen LogP contribution < -0.4 is 10.1 Å². The molecule has 0 saturated carbocycles. The van der Waals surface area contributed by atoms with Crippen LogP contribution in [-0.2, 0) is 4.79 Å². The summed E-state index contributed by atoms with van der Waals surface area (Å²) in [5, 5.41) is 12.3. The van der Waals surface area contributed by atoms with Gasteiger partial charge in [0.05, 0.1) is 18.6 Å². The Balaban J connectivity index is 1.93. The van der Waals surface area contributed by atoms with Gasteiger partial charge in [0, 0.05) is 12.1 Å². The van der Waals surface area contributed by atoms with Crippen molar-refractivity contribution in [3.05, 3.63) is 54.6 Å². The number of carbonyl (C=O) groups is 1. The lowest BCUT2D eigenvalue weighted by atomic mass is 10.2. The van der Waals surface area contributed by atoms with Gasteiger partial charge in [-0.1, -0.05) is 67.6 Å². The van der Waals surface area contributed by atoms with Crippen LogP contribution in [0.1, 0.15) is 19.8 Å². The summed E-state index contributed by atoms with van der Waals surface area (Å²) in [6.45, 7) is 2.80. The number of ether oxygens (including phenoxy) is 1. The van der Waals surface area contributed by atoms with Crippen molar-refractivity contribution in [2.24, 2.45) is 0 Å². The summed E-state index contributed by atoms with van der Waals surface area (Å²) in [6, 6.07) is 17.6. The molecular formula is C21H24N4O2S. The van der Waals surface area contributed by atoms with Gasteiger partial charge in [-0.05, 0) is 18.6 Å². The van der Waals surface area contributed by atoms with Crippen LogP contribution in [0.4, 0.5) is 0 Å². The van der Waals surface area contributed by atoms with Gasteiger partial charge < -0.3 is 10.1 Å². The molecule has 0 unspecified atom stereocenters. The number of nitrogens with zero attached hydrogens (tertiary/aromatic N) is 3. The van der Waals surface area contributed by atoms with Gasteiger partial charge in [0.1, 0.15) is 5.75 Å². The normalized spacial score (nSPS) is 10.6. The van der Waals surface area contributed by atoms with Crippen molar-refractivity contribution in [3.63, 3.8) is 0 Å². The van der Waals surface area contributed by atoms with Crippen molar-refractivity contribution in [2.45, 2.75) is 24.9 Å². The first-order valence-corrected chi connectivity index (χ1v) is 10.3. The van der Waals surface area contributed by atoms with Crippen molar-refractivity contribution in [1.29, 1.82) is 0 Å². The molecule has 1 heterocycles. The molecule has 0 bridgehead atoms. The minimum atomic E-state index is -0.00529. The van der Waals surface area contributed by atoms with E-state index < -0.39 is 0 Å². The molecule has 0 radical (unpaired) electrons. The minimum Gasteiger partial charge on any atom is -0.495 e. The van der Waals surface area contributed by atoms with E-state index in [4.69, 9.17) is 4.74 Å². The molecule has 6 nitrogen and oxygen atoms in total. The topological polar surface area (TPSA) is 69.0 Å². The van der Waals surface area contributed by atoms with E-state index in [2.05, 4.69) is 22.4 Å². The van der Waals surface area contributed by atoms with E-state index >= 15 is 0 Å². The lowest BCUT2D eigenvalue weighted by Gasteiger charge is -2.13. The Kier molecular flexibility index (Phi) is 7.08. The molecule has 7 heteroatoms. The molecule has 3 rings (SSSR count). The van der Waals surface area contributed by atoms with Gasteiger partial charge in [0.2, 0.25) is 5.91 Å². The van der Waals surface area contributed by atoms with Crippen LogP contribution in [0.2, 0.25) is 0 Å². The highest BCUT2D eigenvalue weighted by Crippen LogP contribution is 2.32. The molecule has 0 spiro atoms. The predicted octanol–water partition coefficient (Wildman–Crippen LogP) is 3.95. The lowest BCUT2D eigenvalue weighted by molar-refractivity contribution is -0.118. The SMILES string of the molecule is CCCCNC(=O)CSc1nnc(-c2ccccc2)n1-c1ccccc1OC. The molecule has 0 aliphatic heterocycles. The summed E-state index contributed by atoms with van der Waals surface area (Å²) >= 11 is 1.36. The van der Waals surface area contributed by atoms with Crippen molar-refractivity contribution in [2.75, 3.05) is 19.4 Å². The molecule has 1 amide bonds. The first-order chi connectivity index (χ1) is 13.7. The van der Waals surface area contributed by atoms with Gasteiger partial charge in [0.25, 0.3) is 0 Å². The highest BCUT2D eigenvalue weighted by atomic mass is 32.2. The van der Waals surface area contributed by atoms with E-state index in [-0.39, 0.29) is 11.7 Å². The average molecular weight is 397 g/mol. The van der Waals surface area contributed by atoms with Gasteiger partial charge in [-0.2, -0.15) is 0 Å². The number of methoxy groups -OCH3 is 1. The first-order valence-electron chi connectivity index (χ1n) is 9.28. The number of carbonyl (C=O) groups excluding carboxylic acids is 1. The summed E-state index contributed by atoms with van der Waals surface area (Å²) < 4.78 is 7.48. The summed E-state index contributed by atoms with van der Waals surface area (Å²) in [4.78, 5) is 12.1. The standard InChI is InChI=1S/C21H24N4O2S/c1-3-4-14-22-19(26)15-28-21-24-23-20(16-10-6-5-7-11-16)25(21)17-12-8-9-13-18(17)27-2/h5-13H,3-4,14-15H2,1-2H3,(H,22,26). The molecule has 1 aromatic heterocycles. The van der Waals surface area contributed by atoms with Crippen LogP contribution in [0.5, 0.6) is 5.75 Å². The van der Waals surface area contributed by atoms with Crippen LogP contribution in [0.25, 0.3) is 17.1 Å². The maximum Gasteiger partial charge on any atom is 0.230 e. The van der Waals surface area contributed by atoms with Gasteiger partial charge in [0.15, 0.2) is 11.0 Å². The van der Waals surface area contributed by atoms with Crippen molar-refractivity contribution < 1.29 is 9.53 Å². The maximum absolute atomic E-state index is 12.1. The van der Waals surface area contributed by atoms with Gasteiger partial charge in [-0.15, -0.1) is 10.2 Å². The fourth-order valence-corrected chi connectivity index (χ4v) is 3.53. The Morgan fingerprint density at radius 1 is 1.11 bits per heavy atom. The van der Waals surface area contributed by atoms with E-state index in [1.165, 1.54) is 11.8 Å². The summed E-state index contributed by atoms with van der Waals surface area (Å²) in [5.74, 6) is 1.70. The van der Waals surface area contributed by atoms with Crippen LogP contribution in [0, 0.1) is 0 Å². The summed E-state index contributed by atoms with van der Waals surface area (Å²) in [5.41, 5.74) is 1.78. The minimum absolute atomic E-state index is 0.00529. The molecular weight excluding hydrogens is 372 g/mol. The molecule has 0 fully saturated rings. The van der Waals surface area contributed by atoms with Gasteiger partial charge in [-0.25, -0.2) is 0 Å². The fourth-order valence-electron chi connectivity index (χ4n) is 2.76. The van der Waals surface area contributed by atoms with Crippen molar-refractivity contribution >= 4 is 17.7 Å². The largest absolute Gasteiger partial charge is 0.495 e. The van der Waals surface area contributed by atoms with Crippen LogP contribution >= 0.6 is 11.8 Å². The van der Waals surface area contributed by atoms with E-state index in [1.807, 2.05) is 59.2 Å². The van der Waals surface area contributed by atoms with Crippen molar-refractivity contribution in [1.82, 2.24) is 20.1 Å². The number of rotatable bonds is 9. The molecule has 2 aromatic carbocycles. The fraction of sp³-hybridized carbons (Fsp3) is 0.286. The van der Waals surface area contributed by atoms with E-state index in [0.717, 1.165) is 24.1 Å². The summed E-state index contributed by atoms with van der Waals surface area (Å²) in [6.07, 6.45) is 2.03. The number of para-hydroxylation sites is 2. The third kappa shape index (κ3) is 4.72. The van der Waals surface area contributed by atoms with Crippen LogP contribution in [-0.4, -0.2) is 40.1 Å². The number of thioether (sulfide) groups is 1. The number of amides is 1. The molecule has 0 aliphatic carbocycles. The quantitative estimate of drug-likeness (QED) is 0.438. The number of nitrogens with one attached hydrogen (secondary N) is 1. The number of hydrogen-bond donors (Lipinski definition) is 1. The number of unbranched alkanes of at least 4 members (excludes halogenated alkanes) is 1. The third-order valence-electron chi connectivity index (χ3n) is 4.18. The second-order valence-electron chi connectivity index (χ2n) is 6.17. The molecule has 1 N–H and O–H groups in total. The Labute approximate surface area is 169 Å². The third-order valence-corrected chi connectivity index (χ3v) is 5.11. The summed E-state index contributed by atoms with van der Waals surface area (Å²) in [7, 11) is 1.64. The Hall–Kier alpha value is -2.80. The smallest absolute Gasteiger partial charge is 0.230 e. The monoisotopic (exact) mass is 396 g/mol. The molecule has 0 aliphatic rings. The van der Waals surface area contributed by atoms with Gasteiger partial charge >= 0.3 is 0 Å².